The molecule has 9 heteroatoms. The lowest BCUT2D eigenvalue weighted by atomic mass is 10.1. The van der Waals surface area contributed by atoms with Crippen molar-refractivity contribution in [2.45, 2.75) is 17.4 Å². The van der Waals surface area contributed by atoms with Crippen LogP contribution in [-0.4, -0.2) is 27.2 Å². The fraction of sp³-hybridized carbons (Fsp3) is 0.136. The van der Waals surface area contributed by atoms with Crippen LogP contribution in [0, 0.1) is 5.82 Å². The summed E-state index contributed by atoms with van der Waals surface area (Å²) in [6.07, 6.45) is 0.123. The molecule has 0 aromatic heterocycles. The van der Waals surface area contributed by atoms with Gasteiger partial charge in [0.2, 0.25) is 22.7 Å². The van der Waals surface area contributed by atoms with Crippen molar-refractivity contribution in [3.8, 4) is 11.5 Å². The van der Waals surface area contributed by atoms with Crippen molar-refractivity contribution < 1.29 is 27.1 Å². The number of halogens is 1. The second kappa shape index (κ2) is 8.75. The van der Waals surface area contributed by atoms with E-state index in [1.54, 1.807) is 42.5 Å². The molecule has 160 valence electrons. The first kappa shape index (κ1) is 20.8. The number of hydrogen-bond donors (Lipinski definition) is 2. The number of hydrogen-bond acceptors (Lipinski definition) is 5. The molecule has 1 heterocycles. The summed E-state index contributed by atoms with van der Waals surface area (Å²) >= 11 is 0. The van der Waals surface area contributed by atoms with Gasteiger partial charge in [0, 0.05) is 11.8 Å². The highest BCUT2D eigenvalue weighted by molar-refractivity contribution is 7.89. The van der Waals surface area contributed by atoms with Gasteiger partial charge in [-0.25, -0.2) is 12.8 Å². The minimum absolute atomic E-state index is 0.0980. The summed E-state index contributed by atoms with van der Waals surface area (Å²) in [6, 6.07) is 17.2. The van der Waals surface area contributed by atoms with Crippen molar-refractivity contribution in [3.63, 3.8) is 0 Å². The molecule has 0 saturated heterocycles. The Bertz CT molecular complexity index is 1180. The number of rotatable bonds is 7. The second-order valence-corrected chi connectivity index (χ2v) is 8.59. The number of ether oxygens (including phenoxy) is 2. The van der Waals surface area contributed by atoms with Gasteiger partial charge >= 0.3 is 0 Å². The number of anilines is 1. The SMILES string of the molecule is O=C(Nc1ccc2c(c1)OCO2)[C@@H](Cc1ccccc1)NS(=O)(=O)c1ccc(F)cc1. The van der Waals surface area contributed by atoms with E-state index in [-0.39, 0.29) is 18.1 Å². The number of carbonyl (C=O) groups is 1. The zero-order valence-electron chi connectivity index (χ0n) is 16.2. The van der Waals surface area contributed by atoms with E-state index in [0.717, 1.165) is 29.8 Å². The first-order valence-electron chi connectivity index (χ1n) is 9.43. The molecule has 0 bridgehead atoms. The highest BCUT2D eigenvalue weighted by atomic mass is 32.2. The zero-order chi connectivity index (χ0) is 21.8. The Kier molecular flexibility index (Phi) is 5.88. The predicted octanol–water partition coefficient (Wildman–Crippen LogP) is 3.08. The molecule has 0 aliphatic carbocycles. The number of sulfonamides is 1. The number of amides is 1. The summed E-state index contributed by atoms with van der Waals surface area (Å²) in [5.41, 5.74) is 1.21. The van der Waals surface area contributed by atoms with Crippen LogP contribution < -0.4 is 19.5 Å². The molecule has 0 saturated carbocycles. The molecule has 0 spiro atoms. The Hall–Kier alpha value is -3.43. The molecule has 2 N–H and O–H groups in total. The Balaban J connectivity index is 1.57. The van der Waals surface area contributed by atoms with Crippen molar-refractivity contribution in [2.24, 2.45) is 0 Å². The largest absolute Gasteiger partial charge is 0.454 e. The molecule has 1 aliphatic heterocycles. The van der Waals surface area contributed by atoms with Crippen LogP contribution in [-0.2, 0) is 21.2 Å². The molecule has 3 aromatic carbocycles. The quantitative estimate of drug-likeness (QED) is 0.587. The molecule has 1 atom stereocenters. The third-order valence-corrected chi connectivity index (χ3v) is 6.15. The highest BCUT2D eigenvalue weighted by Crippen LogP contribution is 2.34. The normalized spacial score (nSPS) is 13.6. The summed E-state index contributed by atoms with van der Waals surface area (Å²) in [7, 11) is -4.07. The van der Waals surface area contributed by atoms with Gasteiger partial charge in [0.05, 0.1) is 4.90 Å². The molecular formula is C22H19FN2O5S. The topological polar surface area (TPSA) is 93.7 Å². The number of fused-ring (bicyclic) bond motifs is 1. The zero-order valence-corrected chi connectivity index (χ0v) is 17.1. The predicted molar refractivity (Wildman–Crippen MR) is 112 cm³/mol. The minimum atomic E-state index is -4.07. The van der Waals surface area contributed by atoms with E-state index < -0.39 is 27.8 Å². The van der Waals surface area contributed by atoms with Crippen LogP contribution in [0.15, 0.2) is 77.7 Å². The molecule has 3 aromatic rings. The van der Waals surface area contributed by atoms with Gasteiger partial charge < -0.3 is 14.8 Å². The Morgan fingerprint density at radius 2 is 1.68 bits per heavy atom. The molecule has 7 nitrogen and oxygen atoms in total. The van der Waals surface area contributed by atoms with E-state index in [1.165, 1.54) is 0 Å². The molecule has 31 heavy (non-hydrogen) atoms. The van der Waals surface area contributed by atoms with Crippen molar-refractivity contribution in [2.75, 3.05) is 12.1 Å². The smallest absolute Gasteiger partial charge is 0.242 e. The average Bonchev–Trinajstić information content (AvgIpc) is 3.22. The van der Waals surface area contributed by atoms with Gasteiger partial charge in [-0.2, -0.15) is 4.72 Å². The molecule has 4 rings (SSSR count). The van der Waals surface area contributed by atoms with Gasteiger partial charge in [-0.15, -0.1) is 0 Å². The van der Waals surface area contributed by atoms with Crippen molar-refractivity contribution in [3.05, 3.63) is 84.2 Å². The van der Waals surface area contributed by atoms with Gasteiger partial charge in [-0.05, 0) is 48.4 Å². The molecule has 1 aliphatic rings. The van der Waals surface area contributed by atoms with Gasteiger partial charge in [-0.1, -0.05) is 30.3 Å². The van der Waals surface area contributed by atoms with E-state index in [9.17, 15) is 17.6 Å². The van der Waals surface area contributed by atoms with Crippen LogP contribution in [0.2, 0.25) is 0 Å². The minimum Gasteiger partial charge on any atom is -0.454 e. The van der Waals surface area contributed by atoms with Gasteiger partial charge in [-0.3, -0.25) is 4.79 Å². The van der Waals surface area contributed by atoms with Crippen molar-refractivity contribution >= 4 is 21.6 Å². The first-order chi connectivity index (χ1) is 14.9. The Morgan fingerprint density at radius 1 is 0.968 bits per heavy atom. The summed E-state index contributed by atoms with van der Waals surface area (Å²) in [6.45, 7) is 0.0980. The van der Waals surface area contributed by atoms with Crippen LogP contribution in [0.25, 0.3) is 0 Å². The first-order valence-corrected chi connectivity index (χ1v) is 10.9. The lowest BCUT2D eigenvalue weighted by Gasteiger charge is -2.19. The maximum atomic E-state index is 13.2. The maximum Gasteiger partial charge on any atom is 0.242 e. The van der Waals surface area contributed by atoms with Gasteiger partial charge in [0.1, 0.15) is 11.9 Å². The van der Waals surface area contributed by atoms with Crippen molar-refractivity contribution in [1.29, 1.82) is 0 Å². The number of nitrogens with one attached hydrogen (secondary N) is 2. The Morgan fingerprint density at radius 3 is 2.42 bits per heavy atom. The average molecular weight is 442 g/mol. The van der Waals surface area contributed by atoms with Gasteiger partial charge in [0.25, 0.3) is 0 Å². The van der Waals surface area contributed by atoms with E-state index >= 15 is 0 Å². The van der Waals surface area contributed by atoms with Crippen LogP contribution in [0.1, 0.15) is 5.56 Å². The van der Waals surface area contributed by atoms with E-state index in [1.807, 2.05) is 6.07 Å². The summed E-state index contributed by atoms with van der Waals surface area (Å²) < 4.78 is 51.8. The summed E-state index contributed by atoms with van der Waals surface area (Å²) in [5.74, 6) is -0.0473. The van der Waals surface area contributed by atoms with E-state index in [2.05, 4.69) is 10.0 Å². The van der Waals surface area contributed by atoms with E-state index in [0.29, 0.717) is 17.2 Å². The van der Waals surface area contributed by atoms with Gasteiger partial charge in [0.15, 0.2) is 11.5 Å². The van der Waals surface area contributed by atoms with Crippen LogP contribution in [0.4, 0.5) is 10.1 Å². The molecule has 0 fully saturated rings. The second-order valence-electron chi connectivity index (χ2n) is 6.87. The number of carbonyl (C=O) groups excluding carboxylic acids is 1. The van der Waals surface area contributed by atoms with Crippen LogP contribution >= 0.6 is 0 Å². The fourth-order valence-electron chi connectivity index (χ4n) is 3.11. The number of benzene rings is 3. The monoisotopic (exact) mass is 442 g/mol. The highest BCUT2D eigenvalue weighted by Gasteiger charge is 2.27. The lowest BCUT2D eigenvalue weighted by Crippen LogP contribution is -2.45. The third-order valence-electron chi connectivity index (χ3n) is 4.66. The van der Waals surface area contributed by atoms with Crippen LogP contribution in [0.3, 0.4) is 0 Å². The van der Waals surface area contributed by atoms with Crippen molar-refractivity contribution in [1.82, 2.24) is 4.72 Å². The molecule has 1 amide bonds. The van der Waals surface area contributed by atoms with E-state index in [4.69, 9.17) is 9.47 Å². The Labute approximate surface area is 178 Å². The van der Waals surface area contributed by atoms with Crippen LogP contribution in [0.5, 0.6) is 11.5 Å². The maximum absolute atomic E-state index is 13.2. The standard InChI is InChI=1S/C22H19FN2O5S/c23-16-6-9-18(10-7-16)31(27,28)25-19(12-15-4-2-1-3-5-15)22(26)24-17-8-11-20-21(13-17)30-14-29-20/h1-11,13,19,25H,12,14H2,(H,24,26)/t19-/m1/s1. The third kappa shape index (κ3) is 5.01. The summed E-state index contributed by atoms with van der Waals surface area (Å²) in [5, 5.41) is 2.71. The molecular weight excluding hydrogens is 423 g/mol. The summed E-state index contributed by atoms with van der Waals surface area (Å²) in [4.78, 5) is 12.9. The molecule has 0 radical (unpaired) electrons. The molecule has 0 unspecified atom stereocenters. The fourth-order valence-corrected chi connectivity index (χ4v) is 4.31. The lowest BCUT2D eigenvalue weighted by molar-refractivity contribution is -0.117.